The third-order valence-electron chi connectivity index (χ3n) is 2.73. The molecule has 0 aliphatic carbocycles. The van der Waals surface area contributed by atoms with Gasteiger partial charge < -0.3 is 10.5 Å². The van der Waals surface area contributed by atoms with Crippen molar-refractivity contribution < 1.29 is 13.2 Å². The maximum Gasteiger partial charge on any atom is 0.246 e. The van der Waals surface area contributed by atoms with E-state index in [2.05, 4.69) is 11.8 Å². The number of methoxy groups -OCH3 is 1. The summed E-state index contributed by atoms with van der Waals surface area (Å²) in [5.41, 5.74) is 5.84. The molecule has 0 saturated heterocycles. The van der Waals surface area contributed by atoms with Crippen LogP contribution in [-0.4, -0.2) is 40.0 Å². The van der Waals surface area contributed by atoms with Gasteiger partial charge in [0.1, 0.15) is 10.6 Å². The first-order valence-electron chi connectivity index (χ1n) is 6.17. The zero-order chi connectivity index (χ0) is 15.9. The van der Waals surface area contributed by atoms with Gasteiger partial charge in [-0.15, -0.1) is 0 Å². The van der Waals surface area contributed by atoms with Crippen molar-refractivity contribution in [1.29, 1.82) is 5.26 Å². The molecule has 0 heterocycles. The minimum atomic E-state index is -3.74. The summed E-state index contributed by atoms with van der Waals surface area (Å²) in [5.74, 6) is 5.69. The van der Waals surface area contributed by atoms with Crippen LogP contribution in [0.1, 0.15) is 12.0 Å². The SMILES string of the molecule is COc1ccc(C#CCN)cc1S(=O)(=O)N(C)CCC#N. The van der Waals surface area contributed by atoms with E-state index in [4.69, 9.17) is 15.7 Å². The van der Waals surface area contributed by atoms with Crippen molar-refractivity contribution in [3.8, 4) is 23.7 Å². The van der Waals surface area contributed by atoms with Gasteiger partial charge in [-0.05, 0) is 18.2 Å². The number of ether oxygens (including phenoxy) is 1. The minimum absolute atomic E-state index is 0.0225. The molecule has 0 saturated carbocycles. The molecule has 1 aromatic rings. The molecule has 0 radical (unpaired) electrons. The van der Waals surface area contributed by atoms with E-state index in [0.29, 0.717) is 5.56 Å². The van der Waals surface area contributed by atoms with Crippen LogP contribution >= 0.6 is 0 Å². The average Bonchev–Trinajstić information content (AvgIpc) is 2.50. The van der Waals surface area contributed by atoms with Gasteiger partial charge in [0.05, 0.1) is 19.7 Å². The van der Waals surface area contributed by atoms with E-state index in [9.17, 15) is 8.42 Å². The van der Waals surface area contributed by atoms with Crippen LogP contribution in [0.3, 0.4) is 0 Å². The Morgan fingerprint density at radius 1 is 1.43 bits per heavy atom. The highest BCUT2D eigenvalue weighted by atomic mass is 32.2. The fourth-order valence-electron chi connectivity index (χ4n) is 1.60. The Labute approximate surface area is 125 Å². The lowest BCUT2D eigenvalue weighted by atomic mass is 10.2. The maximum atomic E-state index is 12.5. The van der Waals surface area contributed by atoms with Crippen LogP contribution < -0.4 is 10.5 Å². The van der Waals surface area contributed by atoms with Gasteiger partial charge in [-0.3, -0.25) is 0 Å². The summed E-state index contributed by atoms with van der Waals surface area (Å²) >= 11 is 0. The number of hydrogen-bond acceptors (Lipinski definition) is 5. The second kappa shape index (κ2) is 7.65. The highest BCUT2D eigenvalue weighted by Gasteiger charge is 2.24. The van der Waals surface area contributed by atoms with Gasteiger partial charge in [0.15, 0.2) is 0 Å². The standard InChI is InChI=1S/C14H17N3O3S/c1-17(10-4-9-16)21(18,19)14-11-12(5-3-8-15)6-7-13(14)20-2/h6-7,11H,4,8,10,15H2,1-2H3. The Morgan fingerprint density at radius 2 is 2.14 bits per heavy atom. The third kappa shape index (κ3) is 4.20. The fourth-order valence-corrected chi connectivity index (χ4v) is 2.95. The van der Waals surface area contributed by atoms with Crippen molar-refractivity contribution in [2.24, 2.45) is 5.73 Å². The van der Waals surface area contributed by atoms with Crippen LogP contribution in [0.15, 0.2) is 23.1 Å². The normalized spacial score (nSPS) is 10.6. The summed E-state index contributed by atoms with van der Waals surface area (Å²) in [5, 5.41) is 8.57. The van der Waals surface area contributed by atoms with Crippen LogP contribution in [0.4, 0.5) is 0 Å². The largest absolute Gasteiger partial charge is 0.495 e. The van der Waals surface area contributed by atoms with Crippen LogP contribution in [0, 0.1) is 23.2 Å². The second-order valence-electron chi connectivity index (χ2n) is 4.11. The molecule has 0 spiro atoms. The molecule has 0 aliphatic rings. The molecule has 21 heavy (non-hydrogen) atoms. The molecule has 0 bridgehead atoms. The molecule has 6 nitrogen and oxygen atoms in total. The number of hydrogen-bond donors (Lipinski definition) is 1. The molecule has 7 heteroatoms. The van der Waals surface area contributed by atoms with Gasteiger partial charge in [-0.1, -0.05) is 11.8 Å². The van der Waals surface area contributed by atoms with E-state index in [1.807, 2.05) is 6.07 Å². The number of benzene rings is 1. The van der Waals surface area contributed by atoms with Crippen molar-refractivity contribution in [2.45, 2.75) is 11.3 Å². The van der Waals surface area contributed by atoms with E-state index in [-0.39, 0.29) is 30.2 Å². The molecule has 1 aromatic carbocycles. The van der Waals surface area contributed by atoms with Gasteiger partial charge in [0.2, 0.25) is 10.0 Å². The van der Waals surface area contributed by atoms with Gasteiger partial charge in [-0.2, -0.15) is 9.57 Å². The maximum absolute atomic E-state index is 12.5. The molecule has 1 rings (SSSR count). The minimum Gasteiger partial charge on any atom is -0.495 e. The molecular weight excluding hydrogens is 290 g/mol. The highest BCUT2D eigenvalue weighted by Crippen LogP contribution is 2.27. The average molecular weight is 307 g/mol. The van der Waals surface area contributed by atoms with E-state index in [1.165, 1.54) is 20.2 Å². The first kappa shape index (κ1) is 17.0. The molecule has 0 unspecified atom stereocenters. The smallest absolute Gasteiger partial charge is 0.246 e. The summed E-state index contributed by atoms with van der Waals surface area (Å²) in [7, 11) is -0.925. The van der Waals surface area contributed by atoms with Crippen LogP contribution in [0.5, 0.6) is 5.75 Å². The molecule has 2 N–H and O–H groups in total. The Kier molecular flexibility index (Phi) is 6.19. The topological polar surface area (TPSA) is 96.4 Å². The van der Waals surface area contributed by atoms with Crippen LogP contribution in [-0.2, 0) is 10.0 Å². The fraction of sp³-hybridized carbons (Fsp3) is 0.357. The zero-order valence-corrected chi connectivity index (χ0v) is 12.8. The Hall–Kier alpha value is -2.06. The van der Waals surface area contributed by atoms with Gasteiger partial charge >= 0.3 is 0 Å². The molecule has 112 valence electrons. The molecule has 0 fully saturated rings. The Morgan fingerprint density at radius 3 is 2.71 bits per heavy atom. The summed E-state index contributed by atoms with van der Waals surface area (Å²) in [4.78, 5) is 0.0225. The summed E-state index contributed by atoms with van der Waals surface area (Å²) < 4.78 is 31.2. The monoisotopic (exact) mass is 307 g/mol. The molecule has 0 amide bonds. The van der Waals surface area contributed by atoms with Crippen molar-refractivity contribution in [3.05, 3.63) is 23.8 Å². The van der Waals surface area contributed by atoms with Crippen molar-refractivity contribution >= 4 is 10.0 Å². The van der Waals surface area contributed by atoms with Crippen molar-refractivity contribution in [1.82, 2.24) is 4.31 Å². The molecule has 0 aromatic heterocycles. The van der Waals surface area contributed by atoms with Crippen molar-refractivity contribution in [3.63, 3.8) is 0 Å². The van der Waals surface area contributed by atoms with E-state index in [1.54, 1.807) is 12.1 Å². The number of nitrogens with zero attached hydrogens (tertiary/aromatic N) is 2. The van der Waals surface area contributed by atoms with E-state index in [0.717, 1.165) is 4.31 Å². The summed E-state index contributed by atoms with van der Waals surface area (Å²) in [6, 6.07) is 6.57. The van der Waals surface area contributed by atoms with Gasteiger partial charge in [0, 0.05) is 25.6 Å². The third-order valence-corrected chi connectivity index (χ3v) is 4.60. The lowest BCUT2D eigenvalue weighted by molar-refractivity contribution is 0.398. The van der Waals surface area contributed by atoms with Crippen LogP contribution in [0.25, 0.3) is 0 Å². The first-order chi connectivity index (χ1) is 9.97. The van der Waals surface area contributed by atoms with Gasteiger partial charge in [0.25, 0.3) is 0 Å². The predicted octanol–water partition coefficient (Wildman–Crippen LogP) is 0.540. The number of rotatable bonds is 5. The zero-order valence-electron chi connectivity index (χ0n) is 12.0. The molecule has 0 aliphatic heterocycles. The highest BCUT2D eigenvalue weighted by molar-refractivity contribution is 7.89. The predicted molar refractivity (Wildman–Crippen MR) is 79.0 cm³/mol. The second-order valence-corrected chi connectivity index (χ2v) is 6.12. The summed E-state index contributed by atoms with van der Waals surface area (Å²) in [6.45, 7) is 0.302. The summed E-state index contributed by atoms with van der Waals surface area (Å²) in [6.07, 6.45) is 0.116. The Balaban J connectivity index is 3.28. The lowest BCUT2D eigenvalue weighted by Crippen LogP contribution is -2.28. The van der Waals surface area contributed by atoms with E-state index >= 15 is 0 Å². The number of nitrogens with two attached hydrogens (primary N) is 1. The van der Waals surface area contributed by atoms with E-state index < -0.39 is 10.0 Å². The lowest BCUT2D eigenvalue weighted by Gasteiger charge is -2.17. The Bertz CT molecular complexity index is 696. The number of sulfonamides is 1. The van der Waals surface area contributed by atoms with Crippen LogP contribution in [0.2, 0.25) is 0 Å². The first-order valence-corrected chi connectivity index (χ1v) is 7.61. The molecule has 0 atom stereocenters. The molecular formula is C14H17N3O3S. The number of nitriles is 1. The quantitative estimate of drug-likeness (QED) is 0.801. The van der Waals surface area contributed by atoms with Gasteiger partial charge in [-0.25, -0.2) is 8.42 Å². The van der Waals surface area contributed by atoms with Crippen molar-refractivity contribution in [2.75, 3.05) is 27.2 Å².